The molecule has 5 rings (SSSR count). The normalized spacial score (nSPS) is 46.2. The Hall–Kier alpha value is -1.89. The molecule has 0 bridgehead atoms. The number of esters is 3. The highest BCUT2D eigenvalue weighted by atomic mass is 16.7. The summed E-state index contributed by atoms with van der Waals surface area (Å²) in [4.78, 5) is 38.2. The first-order valence-corrected chi connectivity index (χ1v) is 17.4. The third-order valence-electron chi connectivity index (χ3n) is 14.5. The van der Waals surface area contributed by atoms with Crippen LogP contribution in [-0.2, 0) is 33.3 Å². The molecule has 0 saturated heterocycles. The van der Waals surface area contributed by atoms with Crippen molar-refractivity contribution in [2.75, 3.05) is 20.0 Å². The van der Waals surface area contributed by atoms with Crippen LogP contribution in [0.15, 0.2) is 11.6 Å². The van der Waals surface area contributed by atoms with Gasteiger partial charge in [0.25, 0.3) is 0 Å². The molecule has 0 spiro atoms. The van der Waals surface area contributed by atoms with Crippen LogP contribution in [0.1, 0.15) is 120 Å². The van der Waals surface area contributed by atoms with Gasteiger partial charge >= 0.3 is 17.9 Å². The second-order valence-electron chi connectivity index (χ2n) is 16.3. The van der Waals surface area contributed by atoms with Crippen molar-refractivity contribution in [3.05, 3.63) is 11.6 Å². The largest absolute Gasteiger partial charge is 0.465 e. The molecule has 44 heavy (non-hydrogen) atoms. The molecule has 0 N–H and O–H groups in total. The minimum Gasteiger partial charge on any atom is -0.465 e. The van der Waals surface area contributed by atoms with Gasteiger partial charge in [-0.3, -0.25) is 14.4 Å². The maximum Gasteiger partial charge on any atom is 0.314 e. The summed E-state index contributed by atoms with van der Waals surface area (Å²) >= 11 is 0. The van der Waals surface area contributed by atoms with Crippen LogP contribution in [0, 0.1) is 56.7 Å². The predicted octanol–water partition coefficient (Wildman–Crippen LogP) is 7.66. The Labute approximate surface area is 265 Å². The van der Waals surface area contributed by atoms with Crippen molar-refractivity contribution in [3.8, 4) is 0 Å². The third-order valence-corrected chi connectivity index (χ3v) is 14.5. The lowest BCUT2D eigenvalue weighted by atomic mass is 9.33. The molecule has 2 unspecified atom stereocenters. The van der Waals surface area contributed by atoms with Crippen molar-refractivity contribution in [2.45, 2.75) is 126 Å². The molecule has 7 heteroatoms. The lowest BCUT2D eigenvalue weighted by molar-refractivity contribution is -0.227. The average Bonchev–Trinajstić information content (AvgIpc) is 2.96. The standard InChI is InChI=1S/C37H58O7/c1-10-41-22-43-32(40)37-18-13-23(2)24(3)31(37)27-11-12-29-33(6)16-15-30(44-26(5)39)34(7,21-42-25(4)38)28(33)14-17-36(29,9)35(27,8)19-20-37/h11,23-24,28-31H,10,12-22H2,1-9H3/t23-,24+,28?,29-,30+,31+,33+,34?,35-,36-,37+/m1/s1. The third kappa shape index (κ3) is 4.88. The molecule has 0 heterocycles. The van der Waals surface area contributed by atoms with E-state index in [0.29, 0.717) is 24.4 Å². The molecular weight excluding hydrogens is 556 g/mol. The molecule has 0 aromatic heterocycles. The van der Waals surface area contributed by atoms with Crippen LogP contribution in [-0.4, -0.2) is 44.0 Å². The zero-order valence-corrected chi connectivity index (χ0v) is 28.9. The summed E-state index contributed by atoms with van der Waals surface area (Å²) in [5.74, 6) is 1.19. The number of fused-ring (bicyclic) bond motifs is 7. The summed E-state index contributed by atoms with van der Waals surface area (Å²) in [6.45, 7) is 20.1. The van der Waals surface area contributed by atoms with Gasteiger partial charge in [0.1, 0.15) is 12.7 Å². The van der Waals surface area contributed by atoms with E-state index in [9.17, 15) is 14.4 Å². The summed E-state index contributed by atoms with van der Waals surface area (Å²) in [5, 5.41) is 0. The van der Waals surface area contributed by atoms with Crippen molar-refractivity contribution in [3.63, 3.8) is 0 Å². The van der Waals surface area contributed by atoms with Crippen molar-refractivity contribution in [2.24, 2.45) is 56.7 Å². The second-order valence-corrected chi connectivity index (χ2v) is 16.3. The van der Waals surface area contributed by atoms with Gasteiger partial charge in [-0.2, -0.15) is 0 Å². The average molecular weight is 615 g/mol. The summed E-state index contributed by atoms with van der Waals surface area (Å²) in [7, 11) is 0. The Morgan fingerprint density at radius 2 is 1.59 bits per heavy atom. The maximum atomic E-state index is 13.9. The van der Waals surface area contributed by atoms with E-state index in [1.807, 2.05) is 6.92 Å². The van der Waals surface area contributed by atoms with E-state index in [1.165, 1.54) is 19.4 Å². The highest BCUT2D eigenvalue weighted by Crippen LogP contribution is 2.76. The molecule has 0 aromatic carbocycles. The molecule has 11 atom stereocenters. The van der Waals surface area contributed by atoms with Crippen LogP contribution in [0.25, 0.3) is 0 Å². The Bertz CT molecular complexity index is 1180. The van der Waals surface area contributed by atoms with Crippen LogP contribution < -0.4 is 0 Å². The first kappa shape index (κ1) is 33.5. The Morgan fingerprint density at radius 1 is 0.864 bits per heavy atom. The van der Waals surface area contributed by atoms with E-state index >= 15 is 0 Å². The quantitative estimate of drug-likeness (QED) is 0.0957. The minimum absolute atomic E-state index is 0.0000182. The fourth-order valence-corrected chi connectivity index (χ4v) is 11.8. The van der Waals surface area contributed by atoms with Crippen LogP contribution in [0.4, 0.5) is 0 Å². The van der Waals surface area contributed by atoms with Crippen molar-refractivity contribution in [1.29, 1.82) is 0 Å². The fourth-order valence-electron chi connectivity index (χ4n) is 11.8. The molecule has 7 nitrogen and oxygen atoms in total. The van der Waals surface area contributed by atoms with Crippen molar-refractivity contribution >= 4 is 17.9 Å². The van der Waals surface area contributed by atoms with Gasteiger partial charge in [0, 0.05) is 25.9 Å². The van der Waals surface area contributed by atoms with Gasteiger partial charge in [-0.15, -0.1) is 0 Å². The smallest absolute Gasteiger partial charge is 0.314 e. The monoisotopic (exact) mass is 614 g/mol. The van der Waals surface area contributed by atoms with Crippen molar-refractivity contribution in [1.82, 2.24) is 0 Å². The van der Waals surface area contributed by atoms with Crippen LogP contribution in [0.5, 0.6) is 0 Å². The highest BCUT2D eigenvalue weighted by Gasteiger charge is 2.70. The van der Waals surface area contributed by atoms with Gasteiger partial charge in [0.2, 0.25) is 0 Å². The number of carbonyl (C=O) groups excluding carboxylic acids is 3. The summed E-state index contributed by atoms with van der Waals surface area (Å²) in [6.07, 6.45) is 10.9. The fraction of sp³-hybridized carbons (Fsp3) is 0.865. The summed E-state index contributed by atoms with van der Waals surface area (Å²) in [5.41, 5.74) is 0.607. The molecule has 5 aliphatic rings. The molecule has 0 aliphatic heterocycles. The van der Waals surface area contributed by atoms with E-state index in [1.54, 1.807) is 0 Å². The Kier molecular flexibility index (Phi) is 8.92. The molecule has 0 radical (unpaired) electrons. The Balaban J connectivity index is 1.54. The van der Waals surface area contributed by atoms with Crippen LogP contribution in [0.2, 0.25) is 0 Å². The number of hydrogen-bond donors (Lipinski definition) is 0. The highest BCUT2D eigenvalue weighted by molar-refractivity contribution is 5.78. The van der Waals surface area contributed by atoms with Gasteiger partial charge in [-0.1, -0.05) is 53.2 Å². The number of rotatable bonds is 7. The van der Waals surface area contributed by atoms with E-state index in [4.69, 9.17) is 18.9 Å². The second kappa shape index (κ2) is 11.7. The summed E-state index contributed by atoms with van der Waals surface area (Å²) < 4.78 is 23.0. The van der Waals surface area contributed by atoms with E-state index in [-0.39, 0.29) is 65.5 Å². The lowest BCUT2D eigenvalue weighted by Gasteiger charge is -2.71. The lowest BCUT2D eigenvalue weighted by Crippen LogP contribution is -2.66. The predicted molar refractivity (Wildman–Crippen MR) is 168 cm³/mol. The molecular formula is C37H58O7. The van der Waals surface area contributed by atoms with Gasteiger partial charge in [0.05, 0.1) is 5.41 Å². The molecule has 248 valence electrons. The topological polar surface area (TPSA) is 88.1 Å². The number of hydrogen-bond acceptors (Lipinski definition) is 7. The maximum absolute atomic E-state index is 13.9. The number of allylic oxidation sites excluding steroid dienone is 2. The van der Waals surface area contributed by atoms with Crippen LogP contribution >= 0.6 is 0 Å². The van der Waals surface area contributed by atoms with E-state index in [0.717, 1.165) is 57.8 Å². The van der Waals surface area contributed by atoms with Gasteiger partial charge in [-0.05, 0) is 111 Å². The zero-order chi connectivity index (χ0) is 32.3. The molecule has 0 amide bonds. The van der Waals surface area contributed by atoms with E-state index in [2.05, 4.69) is 47.6 Å². The van der Waals surface area contributed by atoms with Gasteiger partial charge in [0.15, 0.2) is 6.79 Å². The zero-order valence-electron chi connectivity index (χ0n) is 28.9. The molecule has 4 saturated carbocycles. The SMILES string of the molecule is CCOCOC(=O)[C@]12CC[C@@H](C)[C@H](C)[C@H]1C1=CC[C@@H]3[C@@]4(C)CC[C@H](OC(C)=O)C(C)(COC(C)=O)C4CC[C@@]3(C)[C@]1(C)CC2. The minimum atomic E-state index is -0.483. The number of carbonyl (C=O) groups is 3. The van der Waals surface area contributed by atoms with Gasteiger partial charge in [-0.25, -0.2) is 0 Å². The summed E-state index contributed by atoms with van der Waals surface area (Å²) in [6, 6.07) is 0. The van der Waals surface area contributed by atoms with E-state index < -0.39 is 10.8 Å². The molecule has 4 fully saturated rings. The number of ether oxygens (including phenoxy) is 4. The van der Waals surface area contributed by atoms with Crippen molar-refractivity contribution < 1.29 is 33.3 Å². The van der Waals surface area contributed by atoms with Crippen LogP contribution in [0.3, 0.4) is 0 Å². The Morgan fingerprint density at radius 3 is 2.25 bits per heavy atom. The molecule has 5 aliphatic carbocycles. The first-order valence-electron chi connectivity index (χ1n) is 17.4. The van der Waals surface area contributed by atoms with Gasteiger partial charge < -0.3 is 18.9 Å². The first-order chi connectivity index (χ1) is 20.6. The molecule has 0 aromatic rings.